The van der Waals surface area contributed by atoms with Crippen molar-refractivity contribution in [2.24, 2.45) is 0 Å². The predicted molar refractivity (Wildman–Crippen MR) is 164 cm³/mol. The Labute approximate surface area is 247 Å². The summed E-state index contributed by atoms with van der Waals surface area (Å²) in [6.07, 6.45) is -0.366. The fourth-order valence-electron chi connectivity index (χ4n) is 5.02. The lowest BCUT2D eigenvalue weighted by Crippen LogP contribution is -2.60. The van der Waals surface area contributed by atoms with E-state index in [4.69, 9.17) is 21.3 Å². The Morgan fingerprint density at radius 1 is 1.07 bits per heavy atom. The molecule has 218 valence electrons. The first-order chi connectivity index (χ1) is 19.3. The summed E-state index contributed by atoms with van der Waals surface area (Å²) >= 11 is 6.73. The summed E-state index contributed by atoms with van der Waals surface area (Å²) in [5, 5.41) is 13.0. The number of carbonyl (C=O) groups excluding carboxylic acids is 1. The largest absolute Gasteiger partial charge is 0.444 e. The second kappa shape index (κ2) is 12.1. The molecule has 0 unspecified atom stereocenters. The summed E-state index contributed by atoms with van der Waals surface area (Å²) in [5.41, 5.74) is 2.40. The molecule has 0 saturated carbocycles. The van der Waals surface area contributed by atoms with Crippen LogP contribution in [0.25, 0.3) is 11.3 Å². The van der Waals surface area contributed by atoms with Crippen molar-refractivity contribution in [3.8, 4) is 11.3 Å². The van der Waals surface area contributed by atoms with Crippen LogP contribution in [0.15, 0.2) is 54.6 Å². The minimum Gasteiger partial charge on any atom is -0.444 e. The first-order valence-electron chi connectivity index (χ1n) is 13.9. The maximum atomic E-state index is 14.8. The number of halogens is 2. The second-order valence-electron chi connectivity index (χ2n) is 11.9. The van der Waals surface area contributed by atoms with Crippen molar-refractivity contribution in [1.82, 2.24) is 14.8 Å². The van der Waals surface area contributed by atoms with Crippen molar-refractivity contribution in [2.75, 3.05) is 18.4 Å². The number of para-hydroxylation sites is 1. The van der Waals surface area contributed by atoms with Crippen LogP contribution in [-0.2, 0) is 4.74 Å². The van der Waals surface area contributed by atoms with Crippen LogP contribution in [0, 0.1) is 11.2 Å². The fourth-order valence-corrected chi connectivity index (χ4v) is 5.27. The molecular weight excluding hydrogens is 541 g/mol. The number of rotatable bonds is 5. The minimum atomic E-state index is -0.598. The summed E-state index contributed by atoms with van der Waals surface area (Å²) in [6, 6.07) is 15.6. The lowest BCUT2D eigenvalue weighted by atomic mass is 10.0. The third-order valence-corrected chi connectivity index (χ3v) is 7.39. The van der Waals surface area contributed by atoms with E-state index in [1.165, 1.54) is 6.07 Å². The van der Waals surface area contributed by atoms with Gasteiger partial charge in [0.25, 0.3) is 0 Å². The number of ether oxygens (including phenoxy) is 1. The van der Waals surface area contributed by atoms with Crippen LogP contribution in [0.4, 0.5) is 20.7 Å². The third kappa shape index (κ3) is 6.81. The monoisotopic (exact) mass is 579 g/mol. The molecule has 4 rings (SSSR count). The normalized spacial score (nSPS) is 17.5. The predicted octanol–water partition coefficient (Wildman–Crippen LogP) is 8.06. The van der Waals surface area contributed by atoms with E-state index in [1.807, 2.05) is 63.8 Å². The van der Waals surface area contributed by atoms with E-state index in [2.05, 4.69) is 19.2 Å². The van der Waals surface area contributed by atoms with Gasteiger partial charge in [-0.25, -0.2) is 14.2 Å². The molecular formula is C32H39ClFN5O2. The highest BCUT2D eigenvalue weighted by Gasteiger charge is 2.36. The minimum absolute atomic E-state index is 0.174. The Kier molecular flexibility index (Phi) is 8.92. The zero-order valence-electron chi connectivity index (χ0n) is 24.8. The van der Waals surface area contributed by atoms with Gasteiger partial charge in [0, 0.05) is 36.4 Å². The molecule has 2 N–H and O–H groups in total. The van der Waals surface area contributed by atoms with E-state index in [9.17, 15) is 14.6 Å². The highest BCUT2D eigenvalue weighted by molar-refractivity contribution is 6.33. The Bertz CT molecular complexity index is 1440. The number of benzene rings is 2. The van der Waals surface area contributed by atoms with Crippen molar-refractivity contribution >= 4 is 35.0 Å². The van der Waals surface area contributed by atoms with Crippen molar-refractivity contribution in [1.29, 1.82) is 5.41 Å². The van der Waals surface area contributed by atoms with Gasteiger partial charge >= 0.3 is 6.09 Å². The first-order valence-corrected chi connectivity index (χ1v) is 14.3. The number of aromatic nitrogens is 1. The van der Waals surface area contributed by atoms with Crippen LogP contribution in [0.2, 0.25) is 5.02 Å². The summed E-state index contributed by atoms with van der Waals surface area (Å²) in [4.78, 5) is 21.3. The maximum absolute atomic E-state index is 14.8. The van der Waals surface area contributed by atoms with Crippen molar-refractivity contribution in [3.05, 3.63) is 76.6 Å². The first kappa shape index (κ1) is 30.3. The third-order valence-electron chi connectivity index (χ3n) is 7.10. The molecule has 1 amide bonds. The topological polar surface area (TPSA) is 81.6 Å². The number of anilines is 2. The highest BCUT2D eigenvalue weighted by atomic mass is 35.5. The number of hydrogen-bond acceptors (Lipinski definition) is 5. The molecule has 0 aliphatic carbocycles. The van der Waals surface area contributed by atoms with Gasteiger partial charge in [0.2, 0.25) is 0 Å². The highest BCUT2D eigenvalue weighted by Crippen LogP contribution is 2.35. The Morgan fingerprint density at radius 2 is 1.68 bits per heavy atom. The summed E-state index contributed by atoms with van der Waals surface area (Å²) < 4.78 is 20.4. The molecule has 1 fully saturated rings. The SMILES string of the molecule is CC(C)c1ccccc1Nc1nc(-c2ccccc2F)c(Cl)cc1C(=N)N1C[C@@H](C)N(C(=O)OC(C)(C)C)C[C@@H]1C. The summed E-state index contributed by atoms with van der Waals surface area (Å²) in [6.45, 7) is 14.5. The van der Waals surface area contributed by atoms with E-state index in [0.717, 1.165) is 11.3 Å². The van der Waals surface area contributed by atoms with Crippen molar-refractivity contribution < 1.29 is 13.9 Å². The molecule has 1 aromatic heterocycles. The van der Waals surface area contributed by atoms with Gasteiger partial charge in [-0.15, -0.1) is 0 Å². The number of carbonyl (C=O) groups is 1. The van der Waals surface area contributed by atoms with Crippen LogP contribution in [0.1, 0.15) is 65.5 Å². The van der Waals surface area contributed by atoms with Gasteiger partial charge in [-0.2, -0.15) is 0 Å². The molecule has 0 radical (unpaired) electrons. The zero-order chi connectivity index (χ0) is 30.1. The molecule has 41 heavy (non-hydrogen) atoms. The van der Waals surface area contributed by atoms with Gasteiger partial charge in [-0.1, -0.05) is 55.8 Å². The van der Waals surface area contributed by atoms with Gasteiger partial charge in [0.1, 0.15) is 23.1 Å². The Morgan fingerprint density at radius 3 is 2.34 bits per heavy atom. The molecule has 1 aliphatic heterocycles. The maximum Gasteiger partial charge on any atom is 0.410 e. The van der Waals surface area contributed by atoms with E-state index < -0.39 is 11.4 Å². The number of nitrogens with one attached hydrogen (secondary N) is 2. The number of amidine groups is 1. The lowest BCUT2D eigenvalue weighted by molar-refractivity contribution is 0.000409. The van der Waals surface area contributed by atoms with Crippen LogP contribution in [0.3, 0.4) is 0 Å². The molecule has 2 atom stereocenters. The second-order valence-corrected chi connectivity index (χ2v) is 12.3. The molecule has 2 heterocycles. The standard InChI is InChI=1S/C32H39ClFN5O2/c1-19(2)22-12-9-11-15-27(22)36-30-24(16-25(33)28(37-30)23-13-8-10-14-26(23)34)29(35)38-17-21(4)39(18-20(38)3)31(40)41-32(5,6)7/h8-16,19-21,35H,17-18H2,1-7H3,(H,36,37)/t20-,21+/m0/s1. The number of nitrogens with zero attached hydrogens (tertiary/aromatic N) is 3. The van der Waals surface area contributed by atoms with Gasteiger partial charge in [-0.3, -0.25) is 5.41 Å². The summed E-state index contributed by atoms with van der Waals surface area (Å²) in [7, 11) is 0. The molecule has 1 saturated heterocycles. The molecule has 0 bridgehead atoms. The average Bonchev–Trinajstić information content (AvgIpc) is 2.89. The van der Waals surface area contributed by atoms with Crippen LogP contribution >= 0.6 is 11.6 Å². The fraction of sp³-hybridized carbons (Fsp3) is 0.406. The van der Waals surface area contributed by atoms with Gasteiger partial charge in [0.05, 0.1) is 16.3 Å². The number of amides is 1. The lowest BCUT2D eigenvalue weighted by Gasteiger charge is -2.45. The average molecular weight is 580 g/mol. The van der Waals surface area contributed by atoms with E-state index in [1.54, 1.807) is 29.2 Å². The zero-order valence-corrected chi connectivity index (χ0v) is 25.5. The number of hydrogen-bond donors (Lipinski definition) is 2. The molecule has 2 aromatic carbocycles. The van der Waals surface area contributed by atoms with Crippen molar-refractivity contribution in [3.63, 3.8) is 0 Å². The molecule has 0 spiro atoms. The smallest absolute Gasteiger partial charge is 0.410 e. The summed E-state index contributed by atoms with van der Waals surface area (Å²) in [5.74, 6) is 0.424. The van der Waals surface area contributed by atoms with Gasteiger partial charge in [-0.05, 0) is 70.4 Å². The van der Waals surface area contributed by atoms with Crippen LogP contribution in [0.5, 0.6) is 0 Å². The quantitative estimate of drug-likeness (QED) is 0.236. The van der Waals surface area contributed by atoms with Crippen LogP contribution < -0.4 is 5.32 Å². The van der Waals surface area contributed by atoms with Gasteiger partial charge < -0.3 is 19.9 Å². The molecule has 7 nitrogen and oxygen atoms in total. The van der Waals surface area contributed by atoms with E-state index in [0.29, 0.717) is 30.2 Å². The van der Waals surface area contributed by atoms with E-state index >= 15 is 0 Å². The Hall–Kier alpha value is -3.65. The van der Waals surface area contributed by atoms with Gasteiger partial charge in [0.15, 0.2) is 0 Å². The van der Waals surface area contributed by atoms with E-state index in [-0.39, 0.29) is 40.5 Å². The molecule has 9 heteroatoms. The number of pyridine rings is 1. The van der Waals surface area contributed by atoms with Crippen molar-refractivity contribution in [2.45, 2.75) is 72.1 Å². The molecule has 1 aliphatic rings. The van der Waals surface area contributed by atoms with Crippen LogP contribution in [-0.4, -0.2) is 57.5 Å². The number of piperazine rings is 1. The molecule has 3 aromatic rings. The Balaban J connectivity index is 1.74.